The standard InChI is InChI=1S/C23H31N5O2/c1-17-10-13-24-28(17)21-9-5-8-20(16-21)26-23(30)25-19-11-14-27(15-12-19)22(29)18-6-3-2-4-7-18/h5,8-10,13,16,18-19H,2-4,6-7,11-12,14-15H2,1H3,(H2,25,26,30). The van der Waals surface area contributed by atoms with Gasteiger partial charge in [-0.05, 0) is 56.9 Å². The van der Waals surface area contributed by atoms with Crippen molar-refractivity contribution in [1.29, 1.82) is 0 Å². The van der Waals surface area contributed by atoms with Gasteiger partial charge in [-0.25, -0.2) is 9.48 Å². The number of hydrogen-bond donors (Lipinski definition) is 2. The second-order valence-electron chi connectivity index (χ2n) is 8.47. The summed E-state index contributed by atoms with van der Waals surface area (Å²) >= 11 is 0. The minimum absolute atomic E-state index is 0.0944. The molecule has 7 nitrogen and oxygen atoms in total. The smallest absolute Gasteiger partial charge is 0.319 e. The SMILES string of the molecule is Cc1ccnn1-c1cccc(NC(=O)NC2CCN(C(=O)C3CCCCC3)CC2)c1. The molecule has 1 aromatic heterocycles. The lowest BCUT2D eigenvalue weighted by molar-refractivity contribution is -0.137. The first-order valence-electron chi connectivity index (χ1n) is 11.1. The van der Waals surface area contributed by atoms with Crippen LogP contribution in [0, 0.1) is 12.8 Å². The van der Waals surface area contributed by atoms with Gasteiger partial charge in [-0.15, -0.1) is 0 Å². The monoisotopic (exact) mass is 409 g/mol. The first-order chi connectivity index (χ1) is 14.6. The van der Waals surface area contributed by atoms with Gasteiger partial charge in [0.25, 0.3) is 0 Å². The van der Waals surface area contributed by atoms with Gasteiger partial charge < -0.3 is 15.5 Å². The van der Waals surface area contributed by atoms with Crippen molar-refractivity contribution < 1.29 is 9.59 Å². The summed E-state index contributed by atoms with van der Waals surface area (Å²) in [7, 11) is 0. The summed E-state index contributed by atoms with van der Waals surface area (Å²) in [6, 6.07) is 9.47. The molecule has 4 rings (SSSR count). The fourth-order valence-electron chi connectivity index (χ4n) is 4.56. The number of carbonyl (C=O) groups is 2. The maximum absolute atomic E-state index is 12.7. The third kappa shape index (κ3) is 4.83. The zero-order chi connectivity index (χ0) is 20.9. The molecule has 2 aromatic rings. The molecule has 7 heteroatoms. The largest absolute Gasteiger partial charge is 0.342 e. The average Bonchev–Trinajstić information content (AvgIpc) is 3.20. The number of anilines is 1. The third-order valence-electron chi connectivity index (χ3n) is 6.28. The van der Waals surface area contributed by atoms with Crippen LogP contribution < -0.4 is 10.6 Å². The minimum Gasteiger partial charge on any atom is -0.342 e. The lowest BCUT2D eigenvalue weighted by atomic mass is 9.87. The van der Waals surface area contributed by atoms with Crippen molar-refractivity contribution in [3.05, 3.63) is 42.2 Å². The predicted octanol–water partition coefficient (Wildman–Crippen LogP) is 3.87. The summed E-state index contributed by atoms with van der Waals surface area (Å²) in [5.74, 6) is 0.542. The first kappa shape index (κ1) is 20.4. The number of nitrogens with one attached hydrogen (secondary N) is 2. The van der Waals surface area contributed by atoms with Gasteiger partial charge >= 0.3 is 6.03 Å². The first-order valence-corrected chi connectivity index (χ1v) is 11.1. The molecular formula is C23H31N5O2. The minimum atomic E-state index is -0.207. The summed E-state index contributed by atoms with van der Waals surface area (Å²) in [4.78, 5) is 27.2. The zero-order valence-corrected chi connectivity index (χ0v) is 17.6. The maximum Gasteiger partial charge on any atom is 0.319 e. The number of nitrogens with zero attached hydrogens (tertiary/aromatic N) is 3. The number of benzene rings is 1. The molecule has 160 valence electrons. The summed E-state index contributed by atoms with van der Waals surface area (Å²) in [5, 5.41) is 10.3. The van der Waals surface area contributed by atoms with E-state index in [0.29, 0.717) is 5.91 Å². The number of hydrogen-bond acceptors (Lipinski definition) is 3. The Hall–Kier alpha value is -2.83. The van der Waals surface area contributed by atoms with Crippen molar-refractivity contribution in [2.45, 2.75) is 57.9 Å². The molecule has 1 aliphatic carbocycles. The molecule has 1 saturated carbocycles. The topological polar surface area (TPSA) is 79.3 Å². The van der Waals surface area contributed by atoms with Gasteiger partial charge in [-0.2, -0.15) is 5.10 Å². The van der Waals surface area contributed by atoms with Gasteiger partial charge in [0.1, 0.15) is 0 Å². The van der Waals surface area contributed by atoms with Crippen molar-refractivity contribution in [3.63, 3.8) is 0 Å². The molecule has 0 radical (unpaired) electrons. The van der Waals surface area contributed by atoms with Crippen LogP contribution in [-0.2, 0) is 4.79 Å². The molecular weight excluding hydrogens is 378 g/mol. The van der Waals surface area contributed by atoms with E-state index >= 15 is 0 Å². The van der Waals surface area contributed by atoms with Crippen LogP contribution in [0.1, 0.15) is 50.6 Å². The number of rotatable bonds is 4. The molecule has 2 N–H and O–H groups in total. The number of amides is 3. The molecule has 2 aliphatic rings. The summed E-state index contributed by atoms with van der Waals surface area (Å²) in [5.41, 5.74) is 2.67. The molecule has 1 aromatic carbocycles. The van der Waals surface area contributed by atoms with E-state index in [9.17, 15) is 9.59 Å². The highest BCUT2D eigenvalue weighted by molar-refractivity contribution is 5.89. The fourth-order valence-corrected chi connectivity index (χ4v) is 4.56. The quantitative estimate of drug-likeness (QED) is 0.804. The van der Waals surface area contributed by atoms with Crippen LogP contribution in [0.25, 0.3) is 5.69 Å². The molecule has 3 amide bonds. The highest BCUT2D eigenvalue weighted by atomic mass is 16.2. The van der Waals surface area contributed by atoms with Gasteiger partial charge in [0.15, 0.2) is 0 Å². The van der Waals surface area contributed by atoms with Crippen LogP contribution in [0.3, 0.4) is 0 Å². The number of piperidine rings is 1. The van der Waals surface area contributed by atoms with Gasteiger partial charge in [0, 0.05) is 42.6 Å². The average molecular weight is 410 g/mol. The molecule has 1 saturated heterocycles. The van der Waals surface area contributed by atoms with Gasteiger partial charge in [0.2, 0.25) is 5.91 Å². The van der Waals surface area contributed by atoms with E-state index < -0.39 is 0 Å². The van der Waals surface area contributed by atoms with Gasteiger partial charge in [0.05, 0.1) is 5.69 Å². The molecule has 0 unspecified atom stereocenters. The normalized spacial score (nSPS) is 18.2. The van der Waals surface area contributed by atoms with E-state index in [0.717, 1.165) is 55.8 Å². The van der Waals surface area contributed by atoms with Crippen molar-refractivity contribution in [2.24, 2.45) is 5.92 Å². The van der Waals surface area contributed by atoms with E-state index in [1.807, 2.05) is 46.8 Å². The van der Waals surface area contributed by atoms with E-state index in [2.05, 4.69) is 15.7 Å². The Morgan fingerprint density at radius 3 is 2.50 bits per heavy atom. The number of urea groups is 1. The molecule has 1 aliphatic heterocycles. The number of carbonyl (C=O) groups excluding carboxylic acids is 2. The van der Waals surface area contributed by atoms with Crippen molar-refractivity contribution in [2.75, 3.05) is 18.4 Å². The fraction of sp³-hybridized carbons (Fsp3) is 0.522. The molecule has 30 heavy (non-hydrogen) atoms. The lowest BCUT2D eigenvalue weighted by Crippen LogP contribution is -2.49. The Kier molecular flexibility index (Phi) is 6.35. The molecule has 0 bridgehead atoms. The van der Waals surface area contributed by atoms with Crippen molar-refractivity contribution >= 4 is 17.6 Å². The summed E-state index contributed by atoms with van der Waals surface area (Å²) in [6.45, 7) is 3.45. The second kappa shape index (κ2) is 9.32. The Morgan fingerprint density at radius 2 is 1.80 bits per heavy atom. The Morgan fingerprint density at radius 1 is 1.03 bits per heavy atom. The van der Waals surface area contributed by atoms with E-state index in [1.54, 1.807) is 6.20 Å². The number of likely N-dealkylation sites (tertiary alicyclic amines) is 1. The molecule has 0 atom stereocenters. The van der Waals surface area contributed by atoms with Crippen LogP contribution in [0.5, 0.6) is 0 Å². The summed E-state index contributed by atoms with van der Waals surface area (Å²) < 4.78 is 1.84. The summed E-state index contributed by atoms with van der Waals surface area (Å²) in [6.07, 6.45) is 9.05. The van der Waals surface area contributed by atoms with E-state index in [4.69, 9.17) is 0 Å². The molecule has 0 spiro atoms. The second-order valence-corrected chi connectivity index (χ2v) is 8.47. The van der Waals surface area contributed by atoms with Gasteiger partial charge in [-0.1, -0.05) is 25.3 Å². The van der Waals surface area contributed by atoms with Crippen LogP contribution >= 0.6 is 0 Å². The zero-order valence-electron chi connectivity index (χ0n) is 17.6. The maximum atomic E-state index is 12.7. The number of aromatic nitrogens is 2. The Bertz CT molecular complexity index is 879. The number of aryl methyl sites for hydroxylation is 1. The van der Waals surface area contributed by atoms with Crippen LogP contribution in [0.15, 0.2) is 36.5 Å². The third-order valence-corrected chi connectivity index (χ3v) is 6.28. The van der Waals surface area contributed by atoms with Gasteiger partial charge in [-0.3, -0.25) is 4.79 Å². The van der Waals surface area contributed by atoms with E-state index in [-0.39, 0.29) is 18.0 Å². The Balaban J connectivity index is 1.26. The lowest BCUT2D eigenvalue weighted by Gasteiger charge is -2.35. The highest BCUT2D eigenvalue weighted by Gasteiger charge is 2.29. The van der Waals surface area contributed by atoms with Crippen LogP contribution in [-0.4, -0.2) is 45.8 Å². The molecule has 2 heterocycles. The Labute approximate surface area is 177 Å². The van der Waals surface area contributed by atoms with Crippen LogP contribution in [0.4, 0.5) is 10.5 Å². The van der Waals surface area contributed by atoms with E-state index in [1.165, 1.54) is 19.3 Å². The van der Waals surface area contributed by atoms with Crippen molar-refractivity contribution in [1.82, 2.24) is 20.0 Å². The van der Waals surface area contributed by atoms with Crippen molar-refractivity contribution in [3.8, 4) is 5.69 Å². The predicted molar refractivity (Wildman–Crippen MR) is 117 cm³/mol. The molecule has 2 fully saturated rings. The van der Waals surface area contributed by atoms with Crippen LogP contribution in [0.2, 0.25) is 0 Å². The highest BCUT2D eigenvalue weighted by Crippen LogP contribution is 2.26.